The maximum absolute atomic E-state index is 12.8. The first-order chi connectivity index (χ1) is 8.93. The summed E-state index contributed by atoms with van der Waals surface area (Å²) >= 11 is 0. The minimum Gasteiger partial charge on any atom is -0.479 e. The summed E-state index contributed by atoms with van der Waals surface area (Å²) in [7, 11) is 0. The lowest BCUT2D eigenvalue weighted by Gasteiger charge is -2.19. The summed E-state index contributed by atoms with van der Waals surface area (Å²) in [6.07, 6.45) is -13.4. The molecule has 112 valence electrons. The predicted octanol–water partition coefficient (Wildman–Crippen LogP) is 2.72. The van der Waals surface area contributed by atoms with Crippen LogP contribution < -0.4 is 4.74 Å². The van der Waals surface area contributed by atoms with E-state index in [9.17, 15) is 31.1 Å². The molecule has 0 aliphatic heterocycles. The Labute approximate surface area is 107 Å². The van der Waals surface area contributed by atoms with Crippen LogP contribution in [0.5, 0.6) is 5.75 Å². The quantitative estimate of drug-likeness (QED) is 0.843. The van der Waals surface area contributed by atoms with Crippen LogP contribution in [0.1, 0.15) is 17.2 Å². The van der Waals surface area contributed by atoms with Gasteiger partial charge in [-0.25, -0.2) is 4.79 Å². The number of hydrogen-bond acceptors (Lipinski definition) is 3. The van der Waals surface area contributed by atoms with Crippen molar-refractivity contribution < 1.29 is 46.1 Å². The third-order valence-corrected chi connectivity index (χ3v) is 2.10. The van der Waals surface area contributed by atoms with Gasteiger partial charge in [0.2, 0.25) is 0 Å². The molecule has 0 saturated carbocycles. The van der Waals surface area contributed by atoms with Crippen molar-refractivity contribution in [1.29, 1.82) is 0 Å². The fraction of sp³-hybridized carbons (Fsp3) is 0.300. The highest BCUT2D eigenvalue weighted by atomic mass is 19.4. The summed E-state index contributed by atoms with van der Waals surface area (Å²) in [4.78, 5) is 10.5. The SMILES string of the molecule is O=C(O)C(O)c1cccc(OC(F)(F)F)c1C(F)(F)F. The number of hydrogen-bond donors (Lipinski definition) is 2. The molecule has 0 amide bonds. The zero-order valence-electron chi connectivity index (χ0n) is 9.29. The second-order valence-corrected chi connectivity index (χ2v) is 3.51. The van der Waals surface area contributed by atoms with Crippen LogP contribution in [0.15, 0.2) is 18.2 Å². The summed E-state index contributed by atoms with van der Waals surface area (Å²) in [5, 5.41) is 17.6. The Bertz CT molecular complexity index is 507. The van der Waals surface area contributed by atoms with Gasteiger partial charge in [-0.2, -0.15) is 13.2 Å². The lowest BCUT2D eigenvalue weighted by Crippen LogP contribution is -2.23. The highest BCUT2D eigenvalue weighted by Gasteiger charge is 2.43. The highest BCUT2D eigenvalue weighted by Crippen LogP contribution is 2.42. The van der Waals surface area contributed by atoms with E-state index in [1.807, 2.05) is 0 Å². The van der Waals surface area contributed by atoms with E-state index >= 15 is 0 Å². The van der Waals surface area contributed by atoms with E-state index in [0.717, 1.165) is 0 Å². The van der Waals surface area contributed by atoms with Crippen molar-refractivity contribution >= 4 is 5.97 Å². The average Bonchev–Trinajstić information content (AvgIpc) is 2.23. The van der Waals surface area contributed by atoms with E-state index in [1.54, 1.807) is 0 Å². The first kappa shape index (κ1) is 16.1. The normalized spacial score (nSPS) is 13.9. The van der Waals surface area contributed by atoms with E-state index in [1.165, 1.54) is 0 Å². The zero-order valence-corrected chi connectivity index (χ0v) is 9.29. The second kappa shape index (κ2) is 5.19. The number of aliphatic carboxylic acids is 1. The number of carboxylic acids is 1. The molecule has 0 spiro atoms. The first-order valence-electron chi connectivity index (χ1n) is 4.80. The van der Waals surface area contributed by atoms with Crippen LogP contribution >= 0.6 is 0 Å². The van der Waals surface area contributed by atoms with E-state index in [0.29, 0.717) is 18.2 Å². The Morgan fingerprint density at radius 1 is 1.15 bits per heavy atom. The predicted molar refractivity (Wildman–Crippen MR) is 50.7 cm³/mol. The molecule has 20 heavy (non-hydrogen) atoms. The van der Waals surface area contributed by atoms with Gasteiger partial charge in [-0.3, -0.25) is 0 Å². The number of rotatable bonds is 3. The monoisotopic (exact) mass is 304 g/mol. The van der Waals surface area contributed by atoms with Gasteiger partial charge in [0.15, 0.2) is 6.10 Å². The van der Waals surface area contributed by atoms with Crippen molar-refractivity contribution in [2.24, 2.45) is 0 Å². The summed E-state index contributed by atoms with van der Waals surface area (Å²) in [5.74, 6) is -3.68. The van der Waals surface area contributed by atoms with Crippen molar-refractivity contribution in [1.82, 2.24) is 0 Å². The van der Waals surface area contributed by atoms with Crippen molar-refractivity contribution in [2.75, 3.05) is 0 Å². The van der Waals surface area contributed by atoms with Crippen LogP contribution in [-0.2, 0) is 11.0 Å². The molecule has 0 bridgehead atoms. The largest absolute Gasteiger partial charge is 0.573 e. The lowest BCUT2D eigenvalue weighted by atomic mass is 10.0. The molecule has 0 fully saturated rings. The molecule has 4 nitrogen and oxygen atoms in total. The molecule has 0 radical (unpaired) electrons. The fourth-order valence-corrected chi connectivity index (χ4v) is 1.42. The maximum atomic E-state index is 12.8. The van der Waals surface area contributed by atoms with E-state index < -0.39 is 41.5 Å². The van der Waals surface area contributed by atoms with Gasteiger partial charge < -0.3 is 14.9 Å². The van der Waals surface area contributed by atoms with Gasteiger partial charge >= 0.3 is 18.5 Å². The van der Waals surface area contributed by atoms with Crippen LogP contribution in [0.3, 0.4) is 0 Å². The van der Waals surface area contributed by atoms with Gasteiger partial charge in [0.1, 0.15) is 11.3 Å². The zero-order chi connectivity index (χ0) is 15.7. The highest BCUT2D eigenvalue weighted by molar-refractivity contribution is 5.75. The fourth-order valence-electron chi connectivity index (χ4n) is 1.42. The van der Waals surface area contributed by atoms with Gasteiger partial charge in [0.25, 0.3) is 0 Å². The van der Waals surface area contributed by atoms with Crippen molar-refractivity contribution in [3.8, 4) is 5.75 Å². The summed E-state index contributed by atoms with van der Waals surface area (Å²) < 4.78 is 77.6. The number of carbonyl (C=O) groups is 1. The number of aliphatic hydroxyl groups excluding tert-OH is 1. The Morgan fingerprint density at radius 3 is 2.10 bits per heavy atom. The number of alkyl halides is 6. The molecule has 1 aromatic rings. The van der Waals surface area contributed by atoms with Crippen molar-refractivity contribution in [3.63, 3.8) is 0 Å². The van der Waals surface area contributed by atoms with Crippen LogP contribution in [0.25, 0.3) is 0 Å². The molecule has 1 aromatic carbocycles. The number of ether oxygens (including phenoxy) is 1. The Hall–Kier alpha value is -1.97. The third-order valence-electron chi connectivity index (χ3n) is 2.10. The van der Waals surface area contributed by atoms with Crippen LogP contribution in [0.4, 0.5) is 26.3 Å². The Balaban J connectivity index is 3.47. The first-order valence-corrected chi connectivity index (χ1v) is 4.80. The summed E-state index contributed by atoms with van der Waals surface area (Å²) in [6.45, 7) is 0. The molecule has 1 atom stereocenters. The van der Waals surface area contributed by atoms with E-state index in [-0.39, 0.29) is 0 Å². The maximum Gasteiger partial charge on any atom is 0.573 e. The van der Waals surface area contributed by atoms with Gasteiger partial charge in [0.05, 0.1) is 0 Å². The number of benzene rings is 1. The second-order valence-electron chi connectivity index (χ2n) is 3.51. The number of carboxylic acid groups (broad SMARTS) is 1. The molecule has 0 aliphatic rings. The number of aliphatic hydroxyl groups is 1. The molecular formula is C10H6F6O4. The molecule has 1 rings (SSSR count). The molecule has 1 unspecified atom stereocenters. The third kappa shape index (κ3) is 3.76. The topological polar surface area (TPSA) is 66.8 Å². The van der Waals surface area contributed by atoms with Crippen molar-refractivity contribution in [3.05, 3.63) is 29.3 Å². The molecular weight excluding hydrogens is 298 g/mol. The minimum absolute atomic E-state index is 0.369. The Morgan fingerprint density at radius 2 is 1.70 bits per heavy atom. The van der Waals surface area contributed by atoms with E-state index in [2.05, 4.69) is 4.74 Å². The molecule has 0 heterocycles. The van der Waals surface area contributed by atoms with Crippen LogP contribution in [0, 0.1) is 0 Å². The summed E-state index contributed by atoms with van der Waals surface area (Å²) in [6, 6.07) is 1.62. The van der Waals surface area contributed by atoms with Crippen LogP contribution in [-0.4, -0.2) is 22.5 Å². The average molecular weight is 304 g/mol. The van der Waals surface area contributed by atoms with E-state index in [4.69, 9.17) is 10.2 Å². The van der Waals surface area contributed by atoms with Gasteiger partial charge in [-0.1, -0.05) is 12.1 Å². The smallest absolute Gasteiger partial charge is 0.479 e. The lowest BCUT2D eigenvalue weighted by molar-refractivity contribution is -0.276. The molecule has 10 heteroatoms. The summed E-state index contributed by atoms with van der Waals surface area (Å²) in [5.41, 5.74) is -3.24. The number of halogens is 6. The molecule has 0 aliphatic carbocycles. The Kier molecular flexibility index (Phi) is 4.18. The van der Waals surface area contributed by atoms with Crippen molar-refractivity contribution in [2.45, 2.75) is 18.6 Å². The van der Waals surface area contributed by atoms with Gasteiger partial charge in [-0.05, 0) is 6.07 Å². The molecule has 0 aromatic heterocycles. The minimum atomic E-state index is -5.40. The molecule has 0 saturated heterocycles. The standard InChI is InChI=1S/C10H6F6O4/c11-9(12,13)6-4(7(17)8(18)19)2-1-3-5(6)20-10(14,15)16/h1-3,7,17H,(H,18,19). The molecule has 2 N–H and O–H groups in total. The van der Waals surface area contributed by atoms with Gasteiger partial charge in [0, 0.05) is 5.56 Å². The van der Waals surface area contributed by atoms with Gasteiger partial charge in [-0.15, -0.1) is 13.2 Å². The van der Waals surface area contributed by atoms with Crippen LogP contribution in [0.2, 0.25) is 0 Å².